The lowest BCUT2D eigenvalue weighted by atomic mass is 10.1. The van der Waals surface area contributed by atoms with Gasteiger partial charge in [0.2, 0.25) is 0 Å². The van der Waals surface area contributed by atoms with Crippen LogP contribution >= 0.6 is 0 Å². The van der Waals surface area contributed by atoms with Crippen LogP contribution in [0.1, 0.15) is 28.0 Å². The van der Waals surface area contributed by atoms with Crippen LogP contribution in [0.15, 0.2) is 67.0 Å². The second-order valence-electron chi connectivity index (χ2n) is 6.44. The predicted molar refractivity (Wildman–Crippen MR) is 108 cm³/mol. The number of aryl methyl sites for hydroxylation is 1. The highest BCUT2D eigenvalue weighted by Gasteiger charge is 2.08. The van der Waals surface area contributed by atoms with Gasteiger partial charge in [-0.25, -0.2) is 14.4 Å². The molecule has 1 heterocycles. The maximum atomic E-state index is 12.9. The van der Waals surface area contributed by atoms with Gasteiger partial charge in [0.05, 0.1) is 0 Å². The van der Waals surface area contributed by atoms with Crippen molar-refractivity contribution in [3.8, 4) is 0 Å². The zero-order chi connectivity index (χ0) is 19.6. The van der Waals surface area contributed by atoms with Crippen molar-refractivity contribution in [1.82, 2.24) is 15.3 Å². The highest BCUT2D eigenvalue weighted by atomic mass is 19.1. The molecule has 3 rings (SSSR count). The number of anilines is 1. The van der Waals surface area contributed by atoms with E-state index in [9.17, 15) is 9.18 Å². The summed E-state index contributed by atoms with van der Waals surface area (Å²) in [6.07, 6.45) is 3.88. The summed E-state index contributed by atoms with van der Waals surface area (Å²) >= 11 is 0. The number of hydrogen-bond donors (Lipinski definition) is 2. The van der Waals surface area contributed by atoms with Gasteiger partial charge in [-0.1, -0.05) is 42.5 Å². The number of hydrogen-bond acceptors (Lipinski definition) is 4. The standard InChI is InChI=1S/C22H23FN4O/c23-19-10-8-18(9-11-19)12-14-24-21-15-20(26-16-27-21)22(28)25-13-4-7-17-5-2-1-3-6-17/h1-3,5-6,8-11,15-16H,4,7,12-14H2,(H,25,28)(H,24,26,27). The minimum Gasteiger partial charge on any atom is -0.370 e. The van der Waals surface area contributed by atoms with Crippen LogP contribution < -0.4 is 10.6 Å². The van der Waals surface area contributed by atoms with E-state index < -0.39 is 0 Å². The molecule has 0 radical (unpaired) electrons. The van der Waals surface area contributed by atoms with Gasteiger partial charge in [0, 0.05) is 19.2 Å². The molecule has 0 bridgehead atoms. The molecule has 0 aliphatic heterocycles. The zero-order valence-corrected chi connectivity index (χ0v) is 15.6. The van der Waals surface area contributed by atoms with Crippen molar-refractivity contribution in [3.05, 3.63) is 89.6 Å². The smallest absolute Gasteiger partial charge is 0.270 e. The second kappa shape index (κ2) is 10.2. The van der Waals surface area contributed by atoms with Gasteiger partial charge in [-0.3, -0.25) is 4.79 Å². The van der Waals surface area contributed by atoms with Gasteiger partial charge in [0.15, 0.2) is 0 Å². The van der Waals surface area contributed by atoms with Crippen molar-refractivity contribution >= 4 is 11.7 Å². The van der Waals surface area contributed by atoms with Gasteiger partial charge in [0.25, 0.3) is 5.91 Å². The Balaban J connectivity index is 1.42. The van der Waals surface area contributed by atoms with Crippen LogP contribution in [0.2, 0.25) is 0 Å². The molecule has 3 aromatic rings. The fourth-order valence-electron chi connectivity index (χ4n) is 2.79. The van der Waals surface area contributed by atoms with Gasteiger partial charge >= 0.3 is 0 Å². The summed E-state index contributed by atoms with van der Waals surface area (Å²) in [7, 11) is 0. The molecule has 0 unspecified atom stereocenters. The van der Waals surface area contributed by atoms with Gasteiger partial charge in [-0.05, 0) is 42.5 Å². The van der Waals surface area contributed by atoms with Crippen LogP contribution in [-0.2, 0) is 12.8 Å². The lowest BCUT2D eigenvalue weighted by Crippen LogP contribution is -2.26. The topological polar surface area (TPSA) is 66.9 Å². The average Bonchev–Trinajstić information content (AvgIpc) is 2.73. The molecule has 0 aliphatic carbocycles. The molecule has 28 heavy (non-hydrogen) atoms. The fraction of sp³-hybridized carbons (Fsp3) is 0.227. The van der Waals surface area contributed by atoms with Crippen LogP contribution in [-0.4, -0.2) is 29.0 Å². The molecule has 2 aromatic carbocycles. The van der Waals surface area contributed by atoms with Crippen molar-refractivity contribution in [2.45, 2.75) is 19.3 Å². The van der Waals surface area contributed by atoms with E-state index in [1.807, 2.05) is 18.2 Å². The lowest BCUT2D eigenvalue weighted by Gasteiger charge is -2.08. The van der Waals surface area contributed by atoms with Crippen LogP contribution in [0.25, 0.3) is 0 Å². The van der Waals surface area contributed by atoms with Gasteiger partial charge in [-0.15, -0.1) is 0 Å². The number of nitrogens with one attached hydrogen (secondary N) is 2. The van der Waals surface area contributed by atoms with E-state index in [1.165, 1.54) is 24.0 Å². The Morgan fingerprint density at radius 1 is 0.893 bits per heavy atom. The maximum absolute atomic E-state index is 12.9. The first-order valence-electron chi connectivity index (χ1n) is 9.33. The third-order valence-electron chi connectivity index (χ3n) is 4.30. The van der Waals surface area contributed by atoms with Crippen molar-refractivity contribution in [2.24, 2.45) is 0 Å². The average molecular weight is 378 g/mol. The number of amides is 1. The second-order valence-corrected chi connectivity index (χ2v) is 6.44. The van der Waals surface area contributed by atoms with E-state index in [0.29, 0.717) is 24.6 Å². The first-order chi connectivity index (χ1) is 13.7. The van der Waals surface area contributed by atoms with E-state index in [0.717, 1.165) is 24.8 Å². The summed E-state index contributed by atoms with van der Waals surface area (Å²) in [5.41, 5.74) is 2.62. The number of benzene rings is 2. The molecule has 2 N–H and O–H groups in total. The minimum atomic E-state index is -0.244. The summed E-state index contributed by atoms with van der Waals surface area (Å²) in [6, 6.07) is 18.2. The Hall–Kier alpha value is -3.28. The lowest BCUT2D eigenvalue weighted by molar-refractivity contribution is 0.0948. The van der Waals surface area contributed by atoms with Crippen LogP contribution in [0, 0.1) is 5.82 Å². The third kappa shape index (κ3) is 6.16. The summed E-state index contributed by atoms with van der Waals surface area (Å²) in [5, 5.41) is 6.06. The minimum absolute atomic E-state index is 0.211. The summed E-state index contributed by atoms with van der Waals surface area (Å²) in [4.78, 5) is 20.5. The highest BCUT2D eigenvalue weighted by Crippen LogP contribution is 2.07. The number of carbonyl (C=O) groups excluding carboxylic acids is 1. The van der Waals surface area contributed by atoms with Crippen LogP contribution in [0.5, 0.6) is 0 Å². The Morgan fingerprint density at radius 2 is 1.64 bits per heavy atom. The number of aromatic nitrogens is 2. The number of rotatable bonds is 9. The van der Waals surface area contributed by atoms with E-state index in [1.54, 1.807) is 18.2 Å². The zero-order valence-electron chi connectivity index (χ0n) is 15.6. The van der Waals surface area contributed by atoms with E-state index in [-0.39, 0.29) is 11.7 Å². The largest absolute Gasteiger partial charge is 0.370 e. The van der Waals surface area contributed by atoms with Gasteiger partial charge in [0.1, 0.15) is 23.7 Å². The number of nitrogens with zero attached hydrogens (tertiary/aromatic N) is 2. The number of carbonyl (C=O) groups is 1. The molecule has 0 fully saturated rings. The van der Waals surface area contributed by atoms with Crippen molar-refractivity contribution < 1.29 is 9.18 Å². The molecular formula is C22H23FN4O. The van der Waals surface area contributed by atoms with Gasteiger partial charge in [-0.2, -0.15) is 0 Å². The van der Waals surface area contributed by atoms with Crippen molar-refractivity contribution in [1.29, 1.82) is 0 Å². The molecule has 0 spiro atoms. The fourth-order valence-corrected chi connectivity index (χ4v) is 2.79. The van der Waals surface area contributed by atoms with E-state index >= 15 is 0 Å². The maximum Gasteiger partial charge on any atom is 0.270 e. The quantitative estimate of drug-likeness (QED) is 0.558. The van der Waals surface area contributed by atoms with Crippen molar-refractivity contribution in [3.63, 3.8) is 0 Å². The summed E-state index contributed by atoms with van der Waals surface area (Å²) in [5.74, 6) is 0.135. The molecule has 0 saturated carbocycles. The Kier molecular flexibility index (Phi) is 7.07. The Labute approximate surface area is 164 Å². The molecule has 144 valence electrons. The van der Waals surface area contributed by atoms with Gasteiger partial charge < -0.3 is 10.6 Å². The Bertz CT molecular complexity index is 885. The SMILES string of the molecule is O=C(NCCCc1ccccc1)c1cc(NCCc2ccc(F)cc2)ncn1. The van der Waals surface area contributed by atoms with E-state index in [4.69, 9.17) is 0 Å². The summed E-state index contributed by atoms with van der Waals surface area (Å²) in [6.45, 7) is 1.21. The Morgan fingerprint density at radius 3 is 2.43 bits per heavy atom. The van der Waals surface area contributed by atoms with Crippen molar-refractivity contribution in [2.75, 3.05) is 18.4 Å². The normalized spacial score (nSPS) is 10.5. The highest BCUT2D eigenvalue weighted by molar-refractivity contribution is 5.92. The van der Waals surface area contributed by atoms with Crippen LogP contribution in [0.3, 0.4) is 0 Å². The molecule has 0 atom stereocenters. The molecular weight excluding hydrogens is 355 g/mol. The van der Waals surface area contributed by atoms with E-state index in [2.05, 4.69) is 32.7 Å². The monoisotopic (exact) mass is 378 g/mol. The number of halogens is 1. The first kappa shape index (κ1) is 19.5. The van der Waals surface area contributed by atoms with Crippen LogP contribution in [0.4, 0.5) is 10.2 Å². The molecule has 1 amide bonds. The molecule has 6 heteroatoms. The molecule has 1 aromatic heterocycles. The molecule has 0 saturated heterocycles. The first-order valence-corrected chi connectivity index (χ1v) is 9.33. The third-order valence-corrected chi connectivity index (χ3v) is 4.30. The molecule has 5 nitrogen and oxygen atoms in total. The predicted octanol–water partition coefficient (Wildman–Crippen LogP) is 3.63. The summed E-state index contributed by atoms with van der Waals surface area (Å²) < 4.78 is 12.9. The molecule has 0 aliphatic rings.